The second kappa shape index (κ2) is 4.83. The lowest BCUT2D eigenvalue weighted by Gasteiger charge is -2.03. The molecule has 0 unspecified atom stereocenters. The molecule has 5 nitrogen and oxygen atoms in total. The number of hydrogen-bond acceptors (Lipinski definition) is 5. The Kier molecular flexibility index (Phi) is 3.39. The highest BCUT2D eigenvalue weighted by Crippen LogP contribution is 2.32. The molecule has 1 aromatic carbocycles. The number of nitrogens with zero attached hydrogens (tertiary/aromatic N) is 2. The minimum Gasteiger partial charge on any atom is -0.428 e. The van der Waals surface area contributed by atoms with Gasteiger partial charge in [0.05, 0.1) is 11.0 Å². The monoisotopic (exact) mass is 292 g/mol. The van der Waals surface area contributed by atoms with Crippen molar-refractivity contribution >= 4 is 28.6 Å². The number of ether oxygens (including phenoxy) is 1. The number of benzene rings is 1. The van der Waals surface area contributed by atoms with Gasteiger partial charge in [0.25, 0.3) is 5.19 Å². The molecule has 1 heterocycles. The molecule has 9 heteroatoms. The molecule has 0 fully saturated rings. The summed E-state index contributed by atoms with van der Waals surface area (Å²) in [5.74, 6) is -2.75. The highest BCUT2D eigenvalue weighted by atomic mass is 35.5. The average Bonchev–Trinajstić information content (AvgIpc) is 2.68. The van der Waals surface area contributed by atoms with Gasteiger partial charge in [-0.05, 0) is 0 Å². The van der Waals surface area contributed by atoms with Crippen LogP contribution < -0.4 is 4.74 Å². The van der Waals surface area contributed by atoms with Crippen LogP contribution in [0, 0.1) is 21.7 Å². The Morgan fingerprint density at radius 2 is 2.11 bits per heavy atom. The zero-order valence-corrected chi connectivity index (χ0v) is 9.97. The van der Waals surface area contributed by atoms with Gasteiger partial charge >= 0.3 is 5.69 Å². The van der Waals surface area contributed by atoms with Crippen molar-refractivity contribution in [3.63, 3.8) is 0 Å². The van der Waals surface area contributed by atoms with Crippen LogP contribution >= 0.6 is 22.9 Å². The van der Waals surface area contributed by atoms with Gasteiger partial charge in [0.2, 0.25) is 5.82 Å². The highest BCUT2D eigenvalue weighted by molar-refractivity contribution is 7.11. The van der Waals surface area contributed by atoms with Crippen molar-refractivity contribution in [3.05, 3.63) is 44.4 Å². The van der Waals surface area contributed by atoms with Crippen molar-refractivity contribution in [2.45, 2.75) is 0 Å². The Labute approximate surface area is 108 Å². The van der Waals surface area contributed by atoms with E-state index in [1.165, 1.54) is 5.38 Å². The molecule has 0 aliphatic rings. The van der Waals surface area contributed by atoms with Gasteiger partial charge in [0.1, 0.15) is 5.15 Å². The summed E-state index contributed by atoms with van der Waals surface area (Å²) >= 11 is 6.51. The zero-order chi connectivity index (χ0) is 13.3. The zero-order valence-electron chi connectivity index (χ0n) is 8.39. The SMILES string of the molecule is O=[N+]([O-])c1cc(F)c(Oc2nc(Cl)cs2)cc1F. The summed E-state index contributed by atoms with van der Waals surface area (Å²) in [6, 6.07) is 1.03. The summed E-state index contributed by atoms with van der Waals surface area (Å²) in [6.07, 6.45) is 0. The number of nitro benzene ring substituents is 1. The number of rotatable bonds is 3. The van der Waals surface area contributed by atoms with Crippen LogP contribution in [0.1, 0.15) is 0 Å². The van der Waals surface area contributed by atoms with Gasteiger partial charge in [-0.3, -0.25) is 10.1 Å². The summed E-state index contributed by atoms with van der Waals surface area (Å²) < 4.78 is 31.6. The maximum atomic E-state index is 13.4. The number of aromatic nitrogens is 1. The van der Waals surface area contributed by atoms with Crippen LogP contribution in [0.3, 0.4) is 0 Å². The van der Waals surface area contributed by atoms with E-state index in [0.29, 0.717) is 12.1 Å². The van der Waals surface area contributed by atoms with Crippen molar-refractivity contribution in [1.29, 1.82) is 0 Å². The number of thiazole rings is 1. The van der Waals surface area contributed by atoms with Crippen LogP contribution in [0.5, 0.6) is 10.9 Å². The third kappa shape index (κ3) is 2.54. The van der Waals surface area contributed by atoms with Crippen LogP contribution in [0.4, 0.5) is 14.5 Å². The van der Waals surface area contributed by atoms with Crippen LogP contribution in [0.2, 0.25) is 5.15 Å². The third-order valence-corrected chi connectivity index (χ3v) is 2.89. The normalized spacial score (nSPS) is 10.4. The second-order valence-corrected chi connectivity index (χ2v) is 4.24. The molecule has 0 bridgehead atoms. The minimum absolute atomic E-state index is 0.00662. The van der Waals surface area contributed by atoms with E-state index in [2.05, 4.69) is 4.98 Å². The van der Waals surface area contributed by atoms with Crippen molar-refractivity contribution in [3.8, 4) is 10.9 Å². The van der Waals surface area contributed by atoms with E-state index in [-0.39, 0.29) is 10.3 Å². The molecule has 0 saturated heterocycles. The van der Waals surface area contributed by atoms with Gasteiger partial charge in [-0.1, -0.05) is 22.9 Å². The van der Waals surface area contributed by atoms with Gasteiger partial charge in [-0.15, -0.1) is 0 Å². The molecule has 2 rings (SSSR count). The molecular weight excluding hydrogens is 290 g/mol. The lowest BCUT2D eigenvalue weighted by Crippen LogP contribution is -1.96. The third-order valence-electron chi connectivity index (χ3n) is 1.85. The maximum absolute atomic E-state index is 13.4. The fourth-order valence-corrected chi connectivity index (χ4v) is 1.92. The summed E-state index contributed by atoms with van der Waals surface area (Å²) in [5.41, 5.74) is -0.961. The van der Waals surface area contributed by atoms with E-state index in [9.17, 15) is 18.9 Å². The molecule has 18 heavy (non-hydrogen) atoms. The van der Waals surface area contributed by atoms with Crippen molar-refractivity contribution in [2.75, 3.05) is 0 Å². The predicted molar refractivity (Wildman–Crippen MR) is 60.2 cm³/mol. The van der Waals surface area contributed by atoms with Gasteiger partial charge in [-0.25, -0.2) is 4.39 Å². The van der Waals surface area contributed by atoms with Gasteiger partial charge < -0.3 is 4.74 Å². The first-order valence-corrected chi connectivity index (χ1v) is 5.65. The fraction of sp³-hybridized carbons (Fsp3) is 0. The average molecular weight is 293 g/mol. The van der Waals surface area contributed by atoms with E-state index in [1.54, 1.807) is 0 Å². The van der Waals surface area contributed by atoms with E-state index in [0.717, 1.165) is 11.3 Å². The molecule has 1 aromatic heterocycles. The first-order chi connectivity index (χ1) is 8.47. The van der Waals surface area contributed by atoms with Crippen molar-refractivity contribution in [2.24, 2.45) is 0 Å². The van der Waals surface area contributed by atoms with Crippen molar-refractivity contribution < 1.29 is 18.4 Å². The largest absolute Gasteiger partial charge is 0.428 e. The van der Waals surface area contributed by atoms with Gasteiger partial charge in [0, 0.05) is 11.4 Å². The molecule has 0 atom stereocenters. The first-order valence-electron chi connectivity index (χ1n) is 4.39. The lowest BCUT2D eigenvalue weighted by molar-refractivity contribution is -0.387. The van der Waals surface area contributed by atoms with E-state index < -0.39 is 28.0 Å². The predicted octanol–water partition coefficient (Wildman–Crippen LogP) is 3.78. The summed E-state index contributed by atoms with van der Waals surface area (Å²) in [5, 5.41) is 12.0. The van der Waals surface area contributed by atoms with Gasteiger partial charge in [0.15, 0.2) is 11.6 Å². The first kappa shape index (κ1) is 12.7. The summed E-state index contributed by atoms with van der Waals surface area (Å²) in [7, 11) is 0. The van der Waals surface area contributed by atoms with Gasteiger partial charge in [-0.2, -0.15) is 9.37 Å². The molecule has 0 N–H and O–H groups in total. The maximum Gasteiger partial charge on any atom is 0.307 e. The fourth-order valence-electron chi connectivity index (χ4n) is 1.12. The molecule has 0 spiro atoms. The molecule has 0 aliphatic heterocycles. The molecular formula is C9H3ClF2N2O3S. The molecule has 0 radical (unpaired) electrons. The Bertz CT molecular complexity index is 620. The second-order valence-electron chi connectivity index (χ2n) is 3.03. The minimum atomic E-state index is -1.20. The molecule has 0 amide bonds. The highest BCUT2D eigenvalue weighted by Gasteiger charge is 2.20. The molecule has 2 aromatic rings. The number of halogens is 3. The van der Waals surface area contributed by atoms with Crippen molar-refractivity contribution in [1.82, 2.24) is 4.98 Å². The van der Waals surface area contributed by atoms with E-state index >= 15 is 0 Å². The molecule has 94 valence electrons. The molecule has 0 saturated carbocycles. The topological polar surface area (TPSA) is 65.3 Å². The Morgan fingerprint density at radius 3 is 2.67 bits per heavy atom. The standard InChI is InChI=1S/C9H3ClF2N2O3S/c10-8-3-18-9(13-8)17-7-2-4(11)6(14(15)16)1-5(7)12/h1-3H. The lowest BCUT2D eigenvalue weighted by atomic mass is 10.3. The van der Waals surface area contributed by atoms with Crippen LogP contribution in [-0.4, -0.2) is 9.91 Å². The number of nitro groups is 1. The smallest absolute Gasteiger partial charge is 0.307 e. The summed E-state index contributed by atoms with van der Waals surface area (Å²) in [6.45, 7) is 0. The van der Waals surface area contributed by atoms with Crippen LogP contribution in [0.25, 0.3) is 0 Å². The molecule has 0 aliphatic carbocycles. The summed E-state index contributed by atoms with van der Waals surface area (Å²) in [4.78, 5) is 13.0. The number of hydrogen-bond donors (Lipinski definition) is 0. The van der Waals surface area contributed by atoms with Crippen LogP contribution in [-0.2, 0) is 0 Å². The van der Waals surface area contributed by atoms with E-state index in [1.807, 2.05) is 0 Å². The van der Waals surface area contributed by atoms with Crippen LogP contribution in [0.15, 0.2) is 17.5 Å². The quantitative estimate of drug-likeness (QED) is 0.638. The Balaban J connectivity index is 2.35. The Hall–Kier alpha value is -1.80. The Morgan fingerprint density at radius 1 is 1.39 bits per heavy atom. The van der Waals surface area contributed by atoms with E-state index in [4.69, 9.17) is 16.3 Å².